The van der Waals surface area contributed by atoms with Crippen LogP contribution in [0.1, 0.15) is 12.6 Å². The Balaban J connectivity index is 1.64. The molecule has 2 aromatic carbocycles. The maximum absolute atomic E-state index is 12.4. The lowest BCUT2D eigenvalue weighted by Gasteiger charge is -2.13. The number of para-hydroxylation sites is 2. The van der Waals surface area contributed by atoms with Gasteiger partial charge in [-0.05, 0) is 31.2 Å². The Labute approximate surface area is 171 Å². The lowest BCUT2D eigenvalue weighted by Crippen LogP contribution is -2.23. The Bertz CT molecular complexity index is 1010. The minimum absolute atomic E-state index is 0.154. The number of anilines is 1. The highest BCUT2D eigenvalue weighted by Crippen LogP contribution is 2.24. The van der Waals surface area contributed by atoms with Crippen LogP contribution in [0.25, 0.3) is 0 Å². The standard InChI is InChI=1S/C20H18ClN3O3S/c1-13(19(26)23-17-10-6-5-9-16(17)21)28-20-22-14(11-18(25)24-20)12-27-15-7-3-2-4-8-15/h2-11,13H,12H2,1H3,(H,23,26)(H,22,24,25). The fourth-order valence-electron chi connectivity index (χ4n) is 2.31. The summed E-state index contributed by atoms with van der Waals surface area (Å²) in [6.07, 6.45) is 0. The Morgan fingerprint density at radius 1 is 1.21 bits per heavy atom. The molecule has 28 heavy (non-hydrogen) atoms. The molecule has 6 nitrogen and oxygen atoms in total. The number of H-pyrrole nitrogens is 1. The van der Waals surface area contributed by atoms with Gasteiger partial charge in [0.2, 0.25) is 5.91 Å². The zero-order valence-corrected chi connectivity index (χ0v) is 16.6. The first-order valence-corrected chi connectivity index (χ1v) is 9.77. The van der Waals surface area contributed by atoms with Crippen LogP contribution in [0.15, 0.2) is 70.6 Å². The maximum atomic E-state index is 12.4. The number of carbonyl (C=O) groups is 1. The van der Waals surface area contributed by atoms with E-state index in [1.54, 1.807) is 31.2 Å². The molecule has 0 saturated heterocycles. The van der Waals surface area contributed by atoms with Crippen LogP contribution in [0.5, 0.6) is 5.75 Å². The molecule has 0 aliphatic carbocycles. The predicted octanol–water partition coefficient (Wildman–Crippen LogP) is 4.12. The summed E-state index contributed by atoms with van der Waals surface area (Å²) in [6.45, 7) is 1.88. The molecule has 144 valence electrons. The van der Waals surface area contributed by atoms with Crippen LogP contribution in [-0.4, -0.2) is 21.1 Å². The Kier molecular flexibility index (Phi) is 6.73. The minimum Gasteiger partial charge on any atom is -0.487 e. The third-order valence-electron chi connectivity index (χ3n) is 3.69. The molecular formula is C20H18ClN3O3S. The molecule has 0 bridgehead atoms. The van der Waals surface area contributed by atoms with Gasteiger partial charge in [0.15, 0.2) is 5.16 Å². The van der Waals surface area contributed by atoms with Crippen molar-refractivity contribution in [2.45, 2.75) is 23.9 Å². The van der Waals surface area contributed by atoms with Crippen LogP contribution in [0.3, 0.4) is 0 Å². The summed E-state index contributed by atoms with van der Waals surface area (Å²) >= 11 is 7.21. The van der Waals surface area contributed by atoms with Crippen molar-refractivity contribution in [3.63, 3.8) is 0 Å². The van der Waals surface area contributed by atoms with E-state index in [0.717, 1.165) is 11.8 Å². The van der Waals surface area contributed by atoms with Gasteiger partial charge in [0.25, 0.3) is 5.56 Å². The highest BCUT2D eigenvalue weighted by atomic mass is 35.5. The highest BCUT2D eigenvalue weighted by molar-refractivity contribution is 8.00. The normalized spacial score (nSPS) is 11.6. The van der Waals surface area contributed by atoms with E-state index >= 15 is 0 Å². The predicted molar refractivity (Wildman–Crippen MR) is 111 cm³/mol. The Morgan fingerprint density at radius 3 is 2.68 bits per heavy atom. The lowest BCUT2D eigenvalue weighted by molar-refractivity contribution is -0.115. The largest absolute Gasteiger partial charge is 0.487 e. The zero-order chi connectivity index (χ0) is 19.9. The first kappa shape index (κ1) is 20.0. The number of ether oxygens (including phenoxy) is 1. The van der Waals surface area contributed by atoms with E-state index in [2.05, 4.69) is 15.3 Å². The van der Waals surface area contributed by atoms with Crippen LogP contribution < -0.4 is 15.6 Å². The van der Waals surface area contributed by atoms with Crippen molar-refractivity contribution in [2.24, 2.45) is 0 Å². The summed E-state index contributed by atoms with van der Waals surface area (Å²) in [5, 5.41) is 3.08. The summed E-state index contributed by atoms with van der Waals surface area (Å²) < 4.78 is 5.63. The molecule has 1 amide bonds. The van der Waals surface area contributed by atoms with Gasteiger partial charge in [-0.15, -0.1) is 0 Å². The van der Waals surface area contributed by atoms with Crippen LogP contribution in [0.4, 0.5) is 5.69 Å². The first-order valence-electron chi connectivity index (χ1n) is 8.51. The Morgan fingerprint density at radius 2 is 1.93 bits per heavy atom. The number of halogens is 1. The van der Waals surface area contributed by atoms with Gasteiger partial charge in [0.05, 0.1) is 21.7 Å². The average molecular weight is 416 g/mol. The zero-order valence-electron chi connectivity index (χ0n) is 15.0. The summed E-state index contributed by atoms with van der Waals surface area (Å²) in [5.41, 5.74) is 0.713. The summed E-state index contributed by atoms with van der Waals surface area (Å²) in [5.74, 6) is 0.443. The quantitative estimate of drug-likeness (QED) is 0.448. The molecule has 1 aromatic heterocycles. The number of aromatic nitrogens is 2. The molecular weight excluding hydrogens is 398 g/mol. The molecule has 0 aliphatic rings. The summed E-state index contributed by atoms with van der Waals surface area (Å²) in [6, 6.07) is 17.6. The van der Waals surface area contributed by atoms with E-state index in [1.165, 1.54) is 6.07 Å². The van der Waals surface area contributed by atoms with Gasteiger partial charge >= 0.3 is 0 Å². The molecule has 3 rings (SSSR count). The summed E-state index contributed by atoms with van der Waals surface area (Å²) in [4.78, 5) is 31.4. The molecule has 3 aromatic rings. The maximum Gasteiger partial charge on any atom is 0.251 e. The third kappa shape index (κ3) is 5.61. The fourth-order valence-corrected chi connectivity index (χ4v) is 3.32. The molecule has 1 unspecified atom stereocenters. The van der Waals surface area contributed by atoms with Crippen LogP contribution >= 0.6 is 23.4 Å². The van der Waals surface area contributed by atoms with Crippen molar-refractivity contribution >= 4 is 35.0 Å². The number of thioether (sulfide) groups is 1. The molecule has 0 saturated carbocycles. The van der Waals surface area contributed by atoms with Gasteiger partial charge in [-0.25, -0.2) is 4.98 Å². The molecule has 0 radical (unpaired) electrons. The number of nitrogens with one attached hydrogen (secondary N) is 2. The summed E-state index contributed by atoms with van der Waals surface area (Å²) in [7, 11) is 0. The van der Waals surface area contributed by atoms with E-state index in [9.17, 15) is 9.59 Å². The van der Waals surface area contributed by atoms with Crippen molar-refractivity contribution in [3.8, 4) is 5.75 Å². The highest BCUT2D eigenvalue weighted by Gasteiger charge is 2.17. The van der Waals surface area contributed by atoms with E-state index in [4.69, 9.17) is 16.3 Å². The van der Waals surface area contributed by atoms with E-state index in [0.29, 0.717) is 27.3 Å². The number of hydrogen-bond donors (Lipinski definition) is 2. The molecule has 0 spiro atoms. The van der Waals surface area contributed by atoms with E-state index in [-0.39, 0.29) is 18.1 Å². The van der Waals surface area contributed by atoms with Crippen molar-refractivity contribution in [1.82, 2.24) is 9.97 Å². The second-order valence-electron chi connectivity index (χ2n) is 5.87. The Hall–Kier alpha value is -2.77. The van der Waals surface area contributed by atoms with Crippen molar-refractivity contribution in [2.75, 3.05) is 5.32 Å². The van der Waals surface area contributed by atoms with E-state index < -0.39 is 5.25 Å². The molecule has 1 heterocycles. The number of aromatic amines is 1. The first-order chi connectivity index (χ1) is 13.5. The minimum atomic E-state index is -0.496. The number of rotatable bonds is 7. The second-order valence-corrected chi connectivity index (χ2v) is 7.61. The van der Waals surface area contributed by atoms with Gasteiger partial charge < -0.3 is 15.0 Å². The van der Waals surface area contributed by atoms with Crippen LogP contribution in [0.2, 0.25) is 5.02 Å². The third-order valence-corrected chi connectivity index (χ3v) is 5.01. The van der Waals surface area contributed by atoms with Crippen LogP contribution in [-0.2, 0) is 11.4 Å². The number of amides is 1. The SMILES string of the molecule is CC(Sc1nc(COc2ccccc2)cc(=O)[nH]1)C(=O)Nc1ccccc1Cl. The number of benzene rings is 2. The molecule has 2 N–H and O–H groups in total. The van der Waals surface area contributed by atoms with Gasteiger partial charge in [0, 0.05) is 6.07 Å². The van der Waals surface area contributed by atoms with Crippen molar-refractivity contribution < 1.29 is 9.53 Å². The monoisotopic (exact) mass is 415 g/mol. The number of nitrogens with zero attached hydrogens (tertiary/aromatic N) is 1. The van der Waals surface area contributed by atoms with Crippen molar-refractivity contribution in [3.05, 3.63) is 81.7 Å². The molecule has 8 heteroatoms. The van der Waals surface area contributed by atoms with Gasteiger partial charge in [-0.3, -0.25) is 9.59 Å². The van der Waals surface area contributed by atoms with Gasteiger partial charge in [-0.1, -0.05) is 53.7 Å². The molecule has 0 fully saturated rings. The average Bonchev–Trinajstić information content (AvgIpc) is 2.68. The van der Waals surface area contributed by atoms with Gasteiger partial charge in [-0.2, -0.15) is 0 Å². The van der Waals surface area contributed by atoms with E-state index in [1.807, 2.05) is 30.3 Å². The fraction of sp³-hybridized carbons (Fsp3) is 0.150. The van der Waals surface area contributed by atoms with Crippen molar-refractivity contribution in [1.29, 1.82) is 0 Å². The number of carbonyl (C=O) groups excluding carboxylic acids is 1. The smallest absolute Gasteiger partial charge is 0.251 e. The second kappa shape index (κ2) is 9.43. The lowest BCUT2D eigenvalue weighted by atomic mass is 10.3. The molecule has 0 aliphatic heterocycles. The van der Waals surface area contributed by atoms with Crippen LogP contribution in [0, 0.1) is 0 Å². The topological polar surface area (TPSA) is 84.1 Å². The van der Waals surface area contributed by atoms with Gasteiger partial charge in [0.1, 0.15) is 12.4 Å². The number of hydrogen-bond acceptors (Lipinski definition) is 5. The molecule has 1 atom stereocenters.